The molecule has 0 aliphatic heterocycles. The highest BCUT2D eigenvalue weighted by Crippen LogP contribution is 2.71. The number of nitrogens with one attached hydrogen (secondary N) is 1. The molecule has 1 aromatic carbocycles. The Morgan fingerprint density at radius 3 is 2.70 bits per heavy atom. The van der Waals surface area contributed by atoms with Gasteiger partial charge >= 0.3 is 0 Å². The lowest BCUT2D eigenvalue weighted by Crippen LogP contribution is -2.56. The second kappa shape index (κ2) is 4.44. The topological polar surface area (TPSA) is 64.3 Å². The minimum atomic E-state index is -2.54. The summed E-state index contributed by atoms with van der Waals surface area (Å²) in [4.78, 5) is 12.7. The number of benzene rings is 1. The number of carbonyl (C=O) groups is 1. The van der Waals surface area contributed by atoms with Gasteiger partial charge in [0.15, 0.2) is 0 Å². The molecule has 3 aliphatic carbocycles. The van der Waals surface area contributed by atoms with Crippen LogP contribution in [0.25, 0.3) is 0 Å². The monoisotopic (exact) mass is 322 g/mol. The fourth-order valence-electron chi connectivity index (χ4n) is 4.25. The van der Waals surface area contributed by atoms with Crippen LogP contribution in [0.3, 0.4) is 0 Å². The zero-order valence-electron chi connectivity index (χ0n) is 13.0. The number of ether oxygens (including phenoxy) is 1. The molecule has 3 aliphatic rings. The molecule has 2 saturated carbocycles. The largest absolute Gasteiger partial charge is 0.496 e. The van der Waals surface area contributed by atoms with E-state index in [1.54, 1.807) is 7.11 Å². The van der Waals surface area contributed by atoms with Gasteiger partial charge in [0.05, 0.1) is 7.11 Å². The summed E-state index contributed by atoms with van der Waals surface area (Å²) in [5.41, 5.74) is 6.19. The molecule has 6 heteroatoms. The second-order valence-corrected chi connectivity index (χ2v) is 7.20. The first-order valence-electron chi connectivity index (χ1n) is 7.95. The van der Waals surface area contributed by atoms with Gasteiger partial charge in [-0.25, -0.2) is 8.78 Å². The van der Waals surface area contributed by atoms with Gasteiger partial charge in [-0.05, 0) is 42.9 Å². The van der Waals surface area contributed by atoms with Crippen LogP contribution in [0.4, 0.5) is 8.78 Å². The normalized spacial score (nSPS) is 36.3. The van der Waals surface area contributed by atoms with Crippen LogP contribution in [0, 0.1) is 5.41 Å². The smallest absolute Gasteiger partial charge is 0.254 e. The summed E-state index contributed by atoms with van der Waals surface area (Å²) in [5.74, 6) is -2.07. The molecule has 23 heavy (non-hydrogen) atoms. The van der Waals surface area contributed by atoms with Crippen molar-refractivity contribution in [2.75, 3.05) is 7.11 Å². The van der Waals surface area contributed by atoms with E-state index in [0.717, 1.165) is 16.9 Å². The first-order valence-corrected chi connectivity index (χ1v) is 7.95. The molecule has 3 N–H and O–H groups in total. The highest BCUT2D eigenvalue weighted by molar-refractivity contribution is 5.89. The van der Waals surface area contributed by atoms with Crippen molar-refractivity contribution < 1.29 is 18.3 Å². The lowest BCUT2D eigenvalue weighted by atomic mass is 9.76. The van der Waals surface area contributed by atoms with Crippen molar-refractivity contribution in [1.82, 2.24) is 5.32 Å². The number of carbonyl (C=O) groups excluding carboxylic acids is 1. The van der Waals surface area contributed by atoms with Gasteiger partial charge in [-0.15, -0.1) is 0 Å². The van der Waals surface area contributed by atoms with E-state index in [-0.39, 0.29) is 18.4 Å². The van der Waals surface area contributed by atoms with Crippen molar-refractivity contribution in [2.24, 2.45) is 11.1 Å². The first kappa shape index (κ1) is 14.9. The Hall–Kier alpha value is -1.69. The molecule has 0 heterocycles. The molecule has 1 spiro atoms. The van der Waals surface area contributed by atoms with Gasteiger partial charge in [0.1, 0.15) is 11.3 Å². The molecule has 4 rings (SSSR count). The third-order valence-corrected chi connectivity index (χ3v) is 5.83. The van der Waals surface area contributed by atoms with Crippen LogP contribution in [-0.4, -0.2) is 25.0 Å². The summed E-state index contributed by atoms with van der Waals surface area (Å²) in [5, 5.41) is 2.87. The molecule has 0 aromatic heterocycles. The molecule has 0 bridgehead atoms. The summed E-state index contributed by atoms with van der Waals surface area (Å²) < 4.78 is 31.8. The number of hydrogen-bond donors (Lipinski definition) is 2. The van der Waals surface area contributed by atoms with Crippen LogP contribution in [0.5, 0.6) is 5.75 Å². The lowest BCUT2D eigenvalue weighted by molar-refractivity contribution is -0.129. The van der Waals surface area contributed by atoms with Gasteiger partial charge in [0.2, 0.25) is 5.91 Å². The summed E-state index contributed by atoms with van der Waals surface area (Å²) in [7, 11) is 1.59. The van der Waals surface area contributed by atoms with Crippen LogP contribution in [0.15, 0.2) is 18.2 Å². The summed E-state index contributed by atoms with van der Waals surface area (Å²) >= 11 is 0. The van der Waals surface area contributed by atoms with E-state index >= 15 is 0 Å². The fraction of sp³-hybridized carbons (Fsp3) is 0.588. The van der Waals surface area contributed by atoms with Gasteiger partial charge in [-0.3, -0.25) is 4.79 Å². The SMILES string of the molecule is COc1cccc2c1CCC2(N)C(=O)NC1CC2(C1)CC2(F)F. The predicted octanol–water partition coefficient (Wildman–Crippen LogP) is 2.10. The van der Waals surface area contributed by atoms with E-state index in [2.05, 4.69) is 5.32 Å². The van der Waals surface area contributed by atoms with Crippen molar-refractivity contribution in [3.8, 4) is 5.75 Å². The van der Waals surface area contributed by atoms with Gasteiger partial charge in [-0.2, -0.15) is 0 Å². The summed E-state index contributed by atoms with van der Waals surface area (Å²) in [6, 6.07) is 5.33. The zero-order valence-corrected chi connectivity index (χ0v) is 13.0. The summed E-state index contributed by atoms with van der Waals surface area (Å²) in [6.07, 6.45) is 1.85. The first-order chi connectivity index (χ1) is 10.8. The number of methoxy groups -OCH3 is 1. The Kier molecular flexibility index (Phi) is 2.87. The van der Waals surface area contributed by atoms with Crippen molar-refractivity contribution >= 4 is 5.91 Å². The van der Waals surface area contributed by atoms with Crippen LogP contribution in [0.1, 0.15) is 36.8 Å². The number of fused-ring (bicyclic) bond motifs is 1. The van der Waals surface area contributed by atoms with Gasteiger partial charge in [-0.1, -0.05) is 12.1 Å². The lowest BCUT2D eigenvalue weighted by Gasteiger charge is -2.38. The highest BCUT2D eigenvalue weighted by atomic mass is 19.3. The van der Waals surface area contributed by atoms with Gasteiger partial charge in [0, 0.05) is 17.9 Å². The van der Waals surface area contributed by atoms with Crippen molar-refractivity contribution in [3.05, 3.63) is 29.3 Å². The van der Waals surface area contributed by atoms with E-state index in [4.69, 9.17) is 10.5 Å². The fourth-order valence-corrected chi connectivity index (χ4v) is 4.25. The molecular weight excluding hydrogens is 302 g/mol. The van der Waals surface area contributed by atoms with Crippen LogP contribution < -0.4 is 15.8 Å². The molecule has 1 amide bonds. The average molecular weight is 322 g/mol. The van der Waals surface area contributed by atoms with Crippen molar-refractivity contribution in [3.63, 3.8) is 0 Å². The van der Waals surface area contributed by atoms with Crippen molar-refractivity contribution in [1.29, 1.82) is 0 Å². The van der Waals surface area contributed by atoms with Gasteiger partial charge < -0.3 is 15.8 Å². The Morgan fingerprint density at radius 1 is 1.39 bits per heavy atom. The minimum Gasteiger partial charge on any atom is -0.496 e. The number of rotatable bonds is 3. The van der Waals surface area contributed by atoms with Gasteiger partial charge in [0.25, 0.3) is 5.92 Å². The molecule has 0 radical (unpaired) electrons. The Morgan fingerprint density at radius 2 is 2.09 bits per heavy atom. The number of hydrogen-bond acceptors (Lipinski definition) is 3. The maximum Gasteiger partial charge on any atom is 0.254 e. The Bertz CT molecular complexity index is 685. The maximum atomic E-state index is 13.2. The van der Waals surface area contributed by atoms with Crippen LogP contribution in [0.2, 0.25) is 0 Å². The number of nitrogens with two attached hydrogens (primary N) is 1. The molecule has 4 nitrogen and oxygen atoms in total. The minimum absolute atomic E-state index is 0.0415. The third-order valence-electron chi connectivity index (χ3n) is 5.83. The molecule has 0 saturated heterocycles. The number of alkyl halides is 2. The quantitative estimate of drug-likeness (QED) is 0.896. The second-order valence-electron chi connectivity index (χ2n) is 7.20. The highest BCUT2D eigenvalue weighted by Gasteiger charge is 2.75. The standard InChI is InChI=1S/C17H20F2N2O2/c1-23-13-4-2-3-12-11(13)5-6-16(12,20)14(22)21-10-7-15(8-10)9-17(15,18)19/h2-4,10H,5-9,20H2,1H3,(H,21,22). The molecule has 1 unspecified atom stereocenters. The van der Waals surface area contributed by atoms with Crippen molar-refractivity contribution in [2.45, 2.75) is 49.6 Å². The number of amides is 1. The van der Waals surface area contributed by atoms with Crippen LogP contribution >= 0.6 is 0 Å². The molecular formula is C17H20F2N2O2. The average Bonchev–Trinajstić information content (AvgIpc) is 2.88. The molecule has 1 aromatic rings. The van der Waals surface area contributed by atoms with Crippen LogP contribution in [-0.2, 0) is 16.8 Å². The molecule has 2 fully saturated rings. The molecule has 1 atom stereocenters. The third kappa shape index (κ3) is 1.94. The van der Waals surface area contributed by atoms with E-state index in [9.17, 15) is 13.6 Å². The van der Waals surface area contributed by atoms with E-state index < -0.39 is 16.9 Å². The number of halogens is 2. The predicted molar refractivity (Wildman–Crippen MR) is 80.3 cm³/mol. The maximum absolute atomic E-state index is 13.2. The summed E-state index contributed by atoms with van der Waals surface area (Å²) in [6.45, 7) is 0. The molecule has 124 valence electrons. The van der Waals surface area contributed by atoms with E-state index in [1.807, 2.05) is 18.2 Å². The van der Waals surface area contributed by atoms with E-state index in [1.165, 1.54) is 0 Å². The Balaban J connectivity index is 1.48. The van der Waals surface area contributed by atoms with E-state index in [0.29, 0.717) is 25.7 Å². The zero-order chi connectivity index (χ0) is 16.5. The Labute approximate surface area is 133 Å².